The lowest BCUT2D eigenvalue weighted by molar-refractivity contribution is 1.14. The number of fused-ring (bicyclic) bond motifs is 2. The van der Waals surface area contributed by atoms with Crippen LogP contribution in [0.15, 0.2) is 60.7 Å². The van der Waals surface area contributed by atoms with Gasteiger partial charge in [0.15, 0.2) is 0 Å². The molecule has 0 aliphatic carbocycles. The minimum absolute atomic E-state index is 0.914. The first-order chi connectivity index (χ1) is 13.2. The number of imidazole rings is 2. The highest BCUT2D eigenvalue weighted by molar-refractivity contribution is 5.87. The second-order valence-corrected chi connectivity index (χ2v) is 6.93. The van der Waals surface area contributed by atoms with Crippen molar-refractivity contribution in [3.63, 3.8) is 0 Å². The highest BCUT2D eigenvalue weighted by Crippen LogP contribution is 2.28. The molecule has 132 valence electrons. The monoisotopic (exact) mass is 352 g/mol. The van der Waals surface area contributed by atoms with E-state index in [-0.39, 0.29) is 0 Å². The molecule has 2 aromatic heterocycles. The summed E-state index contributed by atoms with van der Waals surface area (Å²) in [6.07, 6.45) is 1.02. The summed E-state index contributed by atoms with van der Waals surface area (Å²) >= 11 is 0. The molecule has 5 aromatic rings. The van der Waals surface area contributed by atoms with Crippen molar-refractivity contribution in [1.82, 2.24) is 19.9 Å². The van der Waals surface area contributed by atoms with Gasteiger partial charge in [-0.15, -0.1) is 0 Å². The van der Waals surface area contributed by atoms with Crippen molar-refractivity contribution in [1.29, 1.82) is 0 Å². The molecule has 27 heavy (non-hydrogen) atoms. The van der Waals surface area contributed by atoms with Crippen molar-refractivity contribution in [3.05, 3.63) is 72.1 Å². The van der Waals surface area contributed by atoms with E-state index in [0.29, 0.717) is 0 Å². The van der Waals surface area contributed by atoms with Crippen LogP contribution in [0.2, 0.25) is 0 Å². The normalized spacial score (nSPS) is 11.5. The number of aromatic nitrogens is 4. The van der Waals surface area contributed by atoms with Crippen molar-refractivity contribution in [2.75, 3.05) is 0 Å². The number of hydrogen-bond donors (Lipinski definition) is 2. The van der Waals surface area contributed by atoms with E-state index in [0.717, 1.165) is 56.8 Å². The molecule has 0 unspecified atom stereocenters. The number of nitrogens with zero attached hydrogens (tertiary/aromatic N) is 2. The summed E-state index contributed by atoms with van der Waals surface area (Å²) in [5, 5.41) is 0. The number of hydrogen-bond acceptors (Lipinski definition) is 2. The summed E-state index contributed by atoms with van der Waals surface area (Å²) in [6, 6.07) is 21.2. The Morgan fingerprint density at radius 1 is 0.741 bits per heavy atom. The van der Waals surface area contributed by atoms with Gasteiger partial charge >= 0.3 is 0 Å². The van der Waals surface area contributed by atoms with Crippen LogP contribution in [0.3, 0.4) is 0 Å². The fourth-order valence-electron chi connectivity index (χ4n) is 3.58. The SMILES string of the molecule is CCc1cccc(-c2nc3ccc(-c4ccc5nc(C)[nH]c5c4)cc3[nH]2)c1. The maximum atomic E-state index is 4.77. The smallest absolute Gasteiger partial charge is 0.138 e. The van der Waals surface area contributed by atoms with Gasteiger partial charge in [0.05, 0.1) is 22.1 Å². The molecule has 5 rings (SSSR count). The van der Waals surface area contributed by atoms with E-state index >= 15 is 0 Å². The van der Waals surface area contributed by atoms with Gasteiger partial charge in [-0.25, -0.2) is 9.97 Å². The predicted molar refractivity (Wildman–Crippen MR) is 111 cm³/mol. The lowest BCUT2D eigenvalue weighted by Crippen LogP contribution is -1.84. The molecule has 0 saturated heterocycles. The van der Waals surface area contributed by atoms with E-state index in [1.54, 1.807) is 0 Å². The minimum atomic E-state index is 0.914. The molecule has 4 nitrogen and oxygen atoms in total. The molecule has 0 saturated carbocycles. The molecule has 0 spiro atoms. The number of rotatable bonds is 3. The minimum Gasteiger partial charge on any atom is -0.342 e. The summed E-state index contributed by atoms with van der Waals surface area (Å²) in [6.45, 7) is 4.15. The predicted octanol–water partition coefficient (Wildman–Crippen LogP) is 5.64. The molecule has 4 heteroatoms. The quantitative estimate of drug-likeness (QED) is 0.441. The first-order valence-corrected chi connectivity index (χ1v) is 9.25. The summed E-state index contributed by atoms with van der Waals surface area (Å²) in [4.78, 5) is 16.0. The van der Waals surface area contributed by atoms with E-state index < -0.39 is 0 Å². The van der Waals surface area contributed by atoms with Crippen LogP contribution in [0.5, 0.6) is 0 Å². The Hall–Kier alpha value is -3.40. The van der Waals surface area contributed by atoms with E-state index in [9.17, 15) is 0 Å². The van der Waals surface area contributed by atoms with E-state index in [1.807, 2.05) is 6.92 Å². The van der Waals surface area contributed by atoms with Crippen molar-refractivity contribution < 1.29 is 0 Å². The third kappa shape index (κ3) is 2.79. The standard InChI is InChI=1S/C23H20N4/c1-3-15-5-4-6-18(11-15)23-26-20-10-8-17(13-22(20)27-23)16-7-9-19-21(12-16)25-14(2)24-19/h4-13H,3H2,1-2H3,(H,24,25)(H,26,27). The van der Waals surface area contributed by atoms with Gasteiger partial charge in [0, 0.05) is 5.56 Å². The van der Waals surface area contributed by atoms with Gasteiger partial charge in [0.1, 0.15) is 11.6 Å². The van der Waals surface area contributed by atoms with Crippen molar-refractivity contribution in [2.45, 2.75) is 20.3 Å². The summed E-state index contributed by atoms with van der Waals surface area (Å²) in [5.41, 5.74) is 8.85. The molecular weight excluding hydrogens is 332 g/mol. The molecule has 2 heterocycles. The Bertz CT molecular complexity index is 1280. The van der Waals surface area contributed by atoms with Crippen molar-refractivity contribution in [2.24, 2.45) is 0 Å². The third-order valence-electron chi connectivity index (χ3n) is 5.02. The summed E-state index contributed by atoms with van der Waals surface area (Å²) < 4.78 is 0. The van der Waals surface area contributed by atoms with Crippen LogP contribution in [0.25, 0.3) is 44.6 Å². The second-order valence-electron chi connectivity index (χ2n) is 6.93. The molecule has 2 N–H and O–H groups in total. The summed E-state index contributed by atoms with van der Waals surface area (Å²) in [7, 11) is 0. The van der Waals surface area contributed by atoms with E-state index in [4.69, 9.17) is 4.98 Å². The Morgan fingerprint density at radius 3 is 2.19 bits per heavy atom. The van der Waals surface area contributed by atoms with Gasteiger partial charge < -0.3 is 9.97 Å². The second kappa shape index (κ2) is 6.09. The zero-order valence-electron chi connectivity index (χ0n) is 15.4. The average Bonchev–Trinajstić information content (AvgIpc) is 3.29. The molecule has 0 aliphatic heterocycles. The van der Waals surface area contributed by atoms with Crippen LogP contribution in [-0.2, 0) is 6.42 Å². The van der Waals surface area contributed by atoms with Crippen LogP contribution in [0, 0.1) is 6.92 Å². The Morgan fingerprint density at radius 2 is 1.44 bits per heavy atom. The maximum absolute atomic E-state index is 4.77. The lowest BCUT2D eigenvalue weighted by Gasteiger charge is -2.02. The van der Waals surface area contributed by atoms with Gasteiger partial charge in [-0.3, -0.25) is 0 Å². The van der Waals surface area contributed by atoms with Crippen molar-refractivity contribution in [3.8, 4) is 22.5 Å². The molecular formula is C23H20N4. The third-order valence-corrected chi connectivity index (χ3v) is 5.02. The molecule has 3 aromatic carbocycles. The highest BCUT2D eigenvalue weighted by atomic mass is 14.9. The van der Waals surface area contributed by atoms with Crippen molar-refractivity contribution >= 4 is 22.1 Å². The van der Waals surface area contributed by atoms with E-state index in [2.05, 4.69) is 82.5 Å². The topological polar surface area (TPSA) is 57.4 Å². The number of aromatic amines is 2. The van der Waals surface area contributed by atoms with Crippen LogP contribution < -0.4 is 0 Å². The molecule has 0 fully saturated rings. The summed E-state index contributed by atoms with van der Waals surface area (Å²) in [5.74, 6) is 1.85. The maximum Gasteiger partial charge on any atom is 0.138 e. The molecule has 0 bridgehead atoms. The number of benzene rings is 3. The molecule has 0 aliphatic rings. The van der Waals surface area contributed by atoms with Crippen LogP contribution >= 0.6 is 0 Å². The zero-order valence-corrected chi connectivity index (χ0v) is 15.4. The number of aryl methyl sites for hydroxylation is 2. The fourth-order valence-corrected chi connectivity index (χ4v) is 3.58. The van der Waals surface area contributed by atoms with Gasteiger partial charge in [0.25, 0.3) is 0 Å². The molecule has 0 radical (unpaired) electrons. The molecule has 0 amide bonds. The van der Waals surface area contributed by atoms with Gasteiger partial charge in [0.2, 0.25) is 0 Å². The number of nitrogens with one attached hydrogen (secondary N) is 2. The first-order valence-electron chi connectivity index (χ1n) is 9.25. The first kappa shape index (κ1) is 15.8. The largest absolute Gasteiger partial charge is 0.342 e. The van der Waals surface area contributed by atoms with Gasteiger partial charge in [-0.1, -0.05) is 37.3 Å². The van der Waals surface area contributed by atoms with Gasteiger partial charge in [-0.05, 0) is 60.4 Å². The highest BCUT2D eigenvalue weighted by Gasteiger charge is 2.08. The lowest BCUT2D eigenvalue weighted by atomic mass is 10.0. The Kier molecular flexibility index (Phi) is 3.57. The molecule has 0 atom stereocenters. The zero-order chi connectivity index (χ0) is 18.4. The average molecular weight is 352 g/mol. The fraction of sp³-hybridized carbons (Fsp3) is 0.130. The Balaban J connectivity index is 1.58. The number of H-pyrrole nitrogens is 2. The Labute approximate surface area is 157 Å². The van der Waals surface area contributed by atoms with Crippen LogP contribution in [0.4, 0.5) is 0 Å². The van der Waals surface area contributed by atoms with Gasteiger partial charge in [-0.2, -0.15) is 0 Å². The van der Waals surface area contributed by atoms with Crippen LogP contribution in [0.1, 0.15) is 18.3 Å². The van der Waals surface area contributed by atoms with Crippen LogP contribution in [-0.4, -0.2) is 19.9 Å². The van der Waals surface area contributed by atoms with E-state index in [1.165, 1.54) is 5.56 Å².